The smallest absolute Gasteiger partial charge is 0.261 e. The van der Waals surface area contributed by atoms with E-state index in [-0.39, 0.29) is 16.6 Å². The number of carbonyl (C=O) groups is 1. The van der Waals surface area contributed by atoms with Crippen LogP contribution in [0.5, 0.6) is 0 Å². The highest BCUT2D eigenvalue weighted by atomic mass is 35.5. The molecule has 2 aromatic rings. The maximum atomic E-state index is 12.6. The van der Waals surface area contributed by atoms with Crippen molar-refractivity contribution in [3.63, 3.8) is 0 Å². The van der Waals surface area contributed by atoms with Crippen LogP contribution in [0.2, 0.25) is 5.02 Å². The van der Waals surface area contributed by atoms with Crippen LogP contribution in [0, 0.1) is 0 Å². The van der Waals surface area contributed by atoms with Gasteiger partial charge < -0.3 is 10.2 Å². The number of amides is 1. The molecule has 0 unspecified atom stereocenters. The van der Waals surface area contributed by atoms with Crippen molar-refractivity contribution in [2.75, 3.05) is 26.2 Å². The minimum absolute atomic E-state index is 0.0889. The van der Waals surface area contributed by atoms with Gasteiger partial charge in [-0.25, -0.2) is 8.42 Å². The lowest BCUT2D eigenvalue weighted by Crippen LogP contribution is -2.33. The van der Waals surface area contributed by atoms with Crippen molar-refractivity contribution in [2.24, 2.45) is 0 Å². The number of hydrogen-bond acceptors (Lipinski definition) is 5. The van der Waals surface area contributed by atoms with Gasteiger partial charge in [0.2, 0.25) is 0 Å². The fourth-order valence-electron chi connectivity index (χ4n) is 3.87. The van der Waals surface area contributed by atoms with Crippen molar-refractivity contribution in [1.82, 2.24) is 10.2 Å². The van der Waals surface area contributed by atoms with Gasteiger partial charge in [-0.05, 0) is 62.7 Å². The standard InChI is InChI=1S/C20H23ClN2O3S2/c21-15-5-6-16-18(12-15)28(25,26)13-14-11-17(27-19(14)16)20(24)22-7-4-10-23-8-2-1-3-9-23/h5-6,11-12H,1-4,7-10,13H2,(H,22,24). The molecule has 0 radical (unpaired) electrons. The number of fused-ring (bicyclic) bond motifs is 3. The molecule has 3 heterocycles. The predicted octanol–water partition coefficient (Wildman–Crippen LogP) is 3.96. The summed E-state index contributed by atoms with van der Waals surface area (Å²) >= 11 is 7.33. The summed E-state index contributed by atoms with van der Waals surface area (Å²) in [6.07, 6.45) is 4.78. The van der Waals surface area contributed by atoms with Crippen molar-refractivity contribution in [3.05, 3.63) is 39.7 Å². The summed E-state index contributed by atoms with van der Waals surface area (Å²) in [4.78, 5) is 16.7. The lowest BCUT2D eigenvalue weighted by atomic mass is 10.1. The molecule has 1 saturated heterocycles. The predicted molar refractivity (Wildman–Crippen MR) is 113 cm³/mol. The fourth-order valence-corrected chi connectivity index (χ4v) is 7.01. The molecule has 1 aromatic heterocycles. The van der Waals surface area contributed by atoms with Crippen LogP contribution in [0.3, 0.4) is 0 Å². The molecule has 0 atom stereocenters. The third-order valence-corrected chi connectivity index (χ3v) is 8.43. The van der Waals surface area contributed by atoms with E-state index in [0.717, 1.165) is 30.9 Å². The topological polar surface area (TPSA) is 66.5 Å². The Hall–Kier alpha value is -1.41. The highest BCUT2D eigenvalue weighted by Gasteiger charge is 2.31. The van der Waals surface area contributed by atoms with E-state index in [4.69, 9.17) is 11.6 Å². The molecule has 0 saturated carbocycles. The fraction of sp³-hybridized carbons (Fsp3) is 0.450. The Morgan fingerprint density at radius 2 is 1.96 bits per heavy atom. The van der Waals surface area contributed by atoms with Gasteiger partial charge in [0.25, 0.3) is 5.91 Å². The van der Waals surface area contributed by atoms with E-state index in [1.165, 1.54) is 36.7 Å². The number of nitrogens with zero attached hydrogens (tertiary/aromatic N) is 1. The average molecular weight is 439 g/mol. The lowest BCUT2D eigenvalue weighted by Gasteiger charge is -2.26. The average Bonchev–Trinajstić information content (AvgIpc) is 3.09. The number of nitrogens with one attached hydrogen (secondary N) is 1. The maximum absolute atomic E-state index is 12.6. The number of halogens is 1. The molecule has 2 aliphatic heterocycles. The first-order valence-electron chi connectivity index (χ1n) is 9.60. The molecule has 1 N–H and O–H groups in total. The van der Waals surface area contributed by atoms with Gasteiger partial charge in [0.1, 0.15) is 0 Å². The second-order valence-electron chi connectivity index (χ2n) is 7.38. The van der Waals surface area contributed by atoms with E-state index in [9.17, 15) is 13.2 Å². The Morgan fingerprint density at radius 3 is 2.75 bits per heavy atom. The summed E-state index contributed by atoms with van der Waals surface area (Å²) in [5.41, 5.74) is 1.33. The Balaban J connectivity index is 1.43. The summed E-state index contributed by atoms with van der Waals surface area (Å²) in [7, 11) is -3.44. The van der Waals surface area contributed by atoms with Crippen LogP contribution >= 0.6 is 22.9 Å². The van der Waals surface area contributed by atoms with Crippen molar-refractivity contribution in [3.8, 4) is 10.4 Å². The number of benzene rings is 1. The largest absolute Gasteiger partial charge is 0.351 e. The highest BCUT2D eigenvalue weighted by molar-refractivity contribution is 7.91. The monoisotopic (exact) mass is 438 g/mol. The minimum Gasteiger partial charge on any atom is -0.351 e. The first-order valence-corrected chi connectivity index (χ1v) is 12.4. The number of likely N-dealkylation sites (tertiary alicyclic amines) is 1. The molecule has 1 amide bonds. The van der Waals surface area contributed by atoms with E-state index >= 15 is 0 Å². The molecule has 150 valence electrons. The lowest BCUT2D eigenvalue weighted by molar-refractivity contribution is 0.0955. The van der Waals surface area contributed by atoms with E-state index < -0.39 is 9.84 Å². The first-order chi connectivity index (χ1) is 13.4. The van der Waals surface area contributed by atoms with Gasteiger partial charge in [-0.15, -0.1) is 11.3 Å². The number of sulfone groups is 1. The summed E-state index contributed by atoms with van der Waals surface area (Å²) in [5, 5.41) is 3.37. The van der Waals surface area contributed by atoms with Crippen LogP contribution in [-0.4, -0.2) is 45.4 Å². The molecule has 0 spiro atoms. The summed E-state index contributed by atoms with van der Waals surface area (Å²) in [6, 6.07) is 6.62. The van der Waals surface area contributed by atoms with Crippen LogP contribution in [0.1, 0.15) is 40.9 Å². The molecule has 1 aromatic carbocycles. The van der Waals surface area contributed by atoms with Crippen molar-refractivity contribution in [1.29, 1.82) is 0 Å². The number of piperidine rings is 1. The number of thiophene rings is 1. The Bertz CT molecular complexity index is 995. The van der Waals surface area contributed by atoms with Crippen molar-refractivity contribution >= 4 is 38.7 Å². The summed E-state index contributed by atoms with van der Waals surface area (Å²) in [5.74, 6) is -0.222. The Kier molecular flexibility index (Phi) is 5.78. The summed E-state index contributed by atoms with van der Waals surface area (Å²) in [6.45, 7) is 3.95. The van der Waals surface area contributed by atoms with Gasteiger partial charge >= 0.3 is 0 Å². The zero-order valence-corrected chi connectivity index (χ0v) is 17.9. The van der Waals surface area contributed by atoms with Gasteiger partial charge in [-0.2, -0.15) is 0 Å². The van der Waals surface area contributed by atoms with E-state index in [0.29, 0.717) is 27.6 Å². The van der Waals surface area contributed by atoms with E-state index in [1.807, 2.05) is 0 Å². The van der Waals surface area contributed by atoms with Gasteiger partial charge in [-0.3, -0.25) is 4.79 Å². The van der Waals surface area contributed by atoms with Gasteiger partial charge in [0.15, 0.2) is 9.84 Å². The van der Waals surface area contributed by atoms with Crippen molar-refractivity contribution in [2.45, 2.75) is 36.3 Å². The Labute approximate surface area is 174 Å². The molecule has 2 aliphatic rings. The highest BCUT2D eigenvalue weighted by Crippen LogP contribution is 2.43. The third kappa shape index (κ3) is 4.13. The van der Waals surface area contributed by atoms with Crippen LogP contribution in [0.15, 0.2) is 29.2 Å². The third-order valence-electron chi connectivity index (χ3n) is 5.29. The normalized spacial score (nSPS) is 18.3. The second kappa shape index (κ2) is 8.14. The van der Waals surface area contributed by atoms with Gasteiger partial charge in [-0.1, -0.05) is 24.1 Å². The molecule has 0 bridgehead atoms. The first kappa shape index (κ1) is 19.9. The van der Waals surface area contributed by atoms with E-state index in [1.54, 1.807) is 18.2 Å². The Morgan fingerprint density at radius 1 is 1.18 bits per heavy atom. The summed E-state index contributed by atoms with van der Waals surface area (Å²) < 4.78 is 25.1. The zero-order chi connectivity index (χ0) is 19.7. The van der Waals surface area contributed by atoms with Crippen LogP contribution in [0.4, 0.5) is 0 Å². The number of rotatable bonds is 5. The number of carbonyl (C=O) groups excluding carboxylic acids is 1. The molecule has 1 fully saturated rings. The number of hydrogen-bond donors (Lipinski definition) is 1. The van der Waals surface area contributed by atoms with Gasteiger partial charge in [0.05, 0.1) is 15.5 Å². The quantitative estimate of drug-likeness (QED) is 0.717. The van der Waals surface area contributed by atoms with Crippen molar-refractivity contribution < 1.29 is 13.2 Å². The molecule has 5 nitrogen and oxygen atoms in total. The van der Waals surface area contributed by atoms with Crippen LogP contribution in [-0.2, 0) is 15.6 Å². The molecule has 4 rings (SSSR count). The molecule has 28 heavy (non-hydrogen) atoms. The second-order valence-corrected chi connectivity index (χ2v) is 10.8. The molecule has 0 aliphatic carbocycles. The zero-order valence-electron chi connectivity index (χ0n) is 15.5. The van der Waals surface area contributed by atoms with Crippen LogP contribution in [0.25, 0.3) is 10.4 Å². The maximum Gasteiger partial charge on any atom is 0.261 e. The molecular weight excluding hydrogens is 416 g/mol. The molecule has 8 heteroatoms. The van der Waals surface area contributed by atoms with Crippen LogP contribution < -0.4 is 5.32 Å². The SMILES string of the molecule is O=C(NCCCN1CCCCC1)c1cc2c(s1)-c1ccc(Cl)cc1S(=O)(=O)C2. The van der Waals surface area contributed by atoms with Gasteiger partial charge in [0, 0.05) is 22.0 Å². The minimum atomic E-state index is -3.44. The van der Waals surface area contributed by atoms with E-state index in [2.05, 4.69) is 10.2 Å². The molecular formula is C20H23ClN2O3S2.